The number of benzene rings is 1. The van der Waals surface area contributed by atoms with E-state index in [2.05, 4.69) is 54.5 Å². The molecule has 0 amide bonds. The van der Waals surface area contributed by atoms with Crippen LogP contribution >= 0.6 is 0 Å². The smallest absolute Gasteiger partial charge is 0.0670 e. The molecule has 2 N–H and O–H groups in total. The molecule has 0 bridgehead atoms. The van der Waals surface area contributed by atoms with E-state index < -0.39 is 0 Å². The molecule has 1 aromatic carbocycles. The zero-order valence-corrected chi connectivity index (χ0v) is 10.1. The fourth-order valence-corrected chi connectivity index (χ4v) is 1.79. The average molecular weight is 217 g/mol. The van der Waals surface area contributed by atoms with E-state index >= 15 is 0 Å². The normalized spacial score (nSPS) is 14.9. The van der Waals surface area contributed by atoms with E-state index in [9.17, 15) is 0 Å². The summed E-state index contributed by atoms with van der Waals surface area (Å²) in [5.74, 6) is 0.678. The lowest BCUT2D eigenvalue weighted by Crippen LogP contribution is -2.23. The second-order valence-electron chi connectivity index (χ2n) is 4.49. The first-order valence-corrected chi connectivity index (χ1v) is 5.90. The fourth-order valence-electron chi connectivity index (χ4n) is 1.79. The van der Waals surface area contributed by atoms with Crippen LogP contribution in [0.1, 0.15) is 27.2 Å². The highest BCUT2D eigenvalue weighted by atomic mass is 15.1. The molecule has 0 saturated carbocycles. The lowest BCUT2D eigenvalue weighted by atomic mass is 10.0. The molecule has 2 aromatic rings. The van der Waals surface area contributed by atoms with E-state index in [1.807, 2.05) is 6.20 Å². The molecule has 0 saturated heterocycles. The Bertz CT molecular complexity index is 461. The van der Waals surface area contributed by atoms with Crippen LogP contribution in [0, 0.1) is 5.92 Å². The van der Waals surface area contributed by atoms with Crippen molar-refractivity contribution in [2.75, 3.05) is 5.32 Å². The van der Waals surface area contributed by atoms with Crippen LogP contribution in [0.5, 0.6) is 0 Å². The van der Waals surface area contributed by atoms with Crippen LogP contribution in [0.15, 0.2) is 24.4 Å². The minimum Gasteiger partial charge on any atom is -0.382 e. The van der Waals surface area contributed by atoms with Gasteiger partial charge in [-0.05, 0) is 31.0 Å². The van der Waals surface area contributed by atoms with Crippen molar-refractivity contribution < 1.29 is 0 Å². The molecular formula is C13H19N3. The van der Waals surface area contributed by atoms with E-state index in [4.69, 9.17) is 0 Å². The van der Waals surface area contributed by atoms with Crippen molar-refractivity contribution in [2.24, 2.45) is 5.92 Å². The summed E-state index contributed by atoms with van der Waals surface area (Å²) in [6.45, 7) is 6.72. The van der Waals surface area contributed by atoms with Gasteiger partial charge in [-0.15, -0.1) is 0 Å². The fraction of sp³-hybridized carbons (Fsp3) is 0.462. The highest BCUT2D eigenvalue weighted by Crippen LogP contribution is 2.19. The topological polar surface area (TPSA) is 40.7 Å². The zero-order valence-electron chi connectivity index (χ0n) is 10.1. The largest absolute Gasteiger partial charge is 0.382 e. The summed E-state index contributed by atoms with van der Waals surface area (Å²) in [6, 6.07) is 6.80. The van der Waals surface area contributed by atoms with E-state index in [1.165, 1.54) is 6.42 Å². The molecule has 2 rings (SSSR count). The molecule has 16 heavy (non-hydrogen) atoms. The van der Waals surface area contributed by atoms with Gasteiger partial charge in [0.25, 0.3) is 0 Å². The lowest BCUT2D eigenvalue weighted by molar-refractivity contribution is 0.495. The monoisotopic (exact) mass is 217 g/mol. The van der Waals surface area contributed by atoms with E-state index in [1.54, 1.807) is 0 Å². The summed E-state index contributed by atoms with van der Waals surface area (Å²) in [5, 5.41) is 11.7. The Balaban J connectivity index is 2.14. The summed E-state index contributed by atoms with van der Waals surface area (Å²) in [4.78, 5) is 0. The Kier molecular flexibility index (Phi) is 3.13. The Hall–Kier alpha value is -1.51. The Morgan fingerprint density at radius 2 is 2.19 bits per heavy atom. The number of rotatable bonds is 4. The molecule has 0 aliphatic heterocycles. The lowest BCUT2D eigenvalue weighted by Gasteiger charge is -2.21. The van der Waals surface area contributed by atoms with Crippen LogP contribution in [0.3, 0.4) is 0 Å². The second kappa shape index (κ2) is 4.56. The molecule has 0 spiro atoms. The van der Waals surface area contributed by atoms with Gasteiger partial charge in [-0.1, -0.05) is 20.3 Å². The van der Waals surface area contributed by atoms with E-state index in [-0.39, 0.29) is 0 Å². The maximum Gasteiger partial charge on any atom is 0.0670 e. The SMILES string of the molecule is CCC(C)C(C)Nc1ccc2cn[nH]c2c1. The van der Waals surface area contributed by atoms with Crippen LogP contribution in [-0.4, -0.2) is 16.2 Å². The number of aromatic amines is 1. The van der Waals surface area contributed by atoms with Gasteiger partial charge < -0.3 is 5.32 Å². The molecule has 1 aromatic heterocycles. The van der Waals surface area contributed by atoms with E-state index in [0.717, 1.165) is 16.6 Å². The van der Waals surface area contributed by atoms with Crippen molar-refractivity contribution in [3.8, 4) is 0 Å². The van der Waals surface area contributed by atoms with Crippen LogP contribution < -0.4 is 5.32 Å². The summed E-state index contributed by atoms with van der Waals surface area (Å²) in [5.41, 5.74) is 2.24. The number of nitrogens with one attached hydrogen (secondary N) is 2. The first-order valence-electron chi connectivity index (χ1n) is 5.90. The summed E-state index contributed by atoms with van der Waals surface area (Å²) < 4.78 is 0. The van der Waals surface area contributed by atoms with E-state index in [0.29, 0.717) is 12.0 Å². The van der Waals surface area contributed by atoms with Crippen LogP contribution in [-0.2, 0) is 0 Å². The predicted molar refractivity (Wildman–Crippen MR) is 68.6 cm³/mol. The maximum atomic E-state index is 4.02. The molecule has 2 unspecified atom stereocenters. The van der Waals surface area contributed by atoms with Crippen molar-refractivity contribution in [2.45, 2.75) is 33.2 Å². The van der Waals surface area contributed by atoms with Gasteiger partial charge in [-0.3, -0.25) is 5.10 Å². The number of aromatic nitrogens is 2. The molecule has 1 heterocycles. The van der Waals surface area contributed by atoms with Crippen LogP contribution in [0.2, 0.25) is 0 Å². The van der Waals surface area contributed by atoms with Crippen LogP contribution in [0.4, 0.5) is 5.69 Å². The first-order chi connectivity index (χ1) is 7.70. The molecule has 2 atom stereocenters. The minimum atomic E-state index is 0.491. The minimum absolute atomic E-state index is 0.491. The van der Waals surface area contributed by atoms with Gasteiger partial charge in [0.05, 0.1) is 11.7 Å². The number of hydrogen-bond acceptors (Lipinski definition) is 2. The molecule has 0 aliphatic carbocycles. The quantitative estimate of drug-likeness (QED) is 0.824. The predicted octanol–water partition coefficient (Wildman–Crippen LogP) is 3.41. The summed E-state index contributed by atoms with van der Waals surface area (Å²) in [7, 11) is 0. The van der Waals surface area contributed by atoms with Gasteiger partial charge in [0.2, 0.25) is 0 Å². The third-order valence-electron chi connectivity index (χ3n) is 3.33. The van der Waals surface area contributed by atoms with Gasteiger partial charge in [0.1, 0.15) is 0 Å². The Morgan fingerprint density at radius 3 is 2.94 bits per heavy atom. The van der Waals surface area contributed by atoms with Crippen LogP contribution in [0.25, 0.3) is 10.9 Å². The summed E-state index contributed by atoms with van der Waals surface area (Å²) in [6.07, 6.45) is 3.04. The highest BCUT2D eigenvalue weighted by Gasteiger charge is 2.09. The number of H-pyrrole nitrogens is 1. The van der Waals surface area contributed by atoms with Crippen molar-refractivity contribution in [3.05, 3.63) is 24.4 Å². The first kappa shape index (κ1) is 11.0. The number of nitrogens with zero attached hydrogens (tertiary/aromatic N) is 1. The van der Waals surface area contributed by atoms with Crippen molar-refractivity contribution >= 4 is 16.6 Å². The molecule has 0 aliphatic rings. The molecule has 3 heteroatoms. The number of hydrogen-bond donors (Lipinski definition) is 2. The second-order valence-corrected chi connectivity index (χ2v) is 4.49. The standard InChI is InChI=1S/C13H19N3/c1-4-9(2)10(3)15-12-6-5-11-8-14-16-13(11)7-12/h5-10,15H,4H2,1-3H3,(H,14,16). The number of fused-ring (bicyclic) bond motifs is 1. The van der Waals surface area contributed by atoms with Gasteiger partial charge in [0, 0.05) is 17.1 Å². The van der Waals surface area contributed by atoms with Crippen molar-refractivity contribution in [3.63, 3.8) is 0 Å². The molecular weight excluding hydrogens is 198 g/mol. The highest BCUT2D eigenvalue weighted by molar-refractivity contribution is 5.81. The molecule has 3 nitrogen and oxygen atoms in total. The van der Waals surface area contributed by atoms with Crippen molar-refractivity contribution in [1.82, 2.24) is 10.2 Å². The third kappa shape index (κ3) is 2.18. The van der Waals surface area contributed by atoms with Gasteiger partial charge >= 0.3 is 0 Å². The summed E-state index contributed by atoms with van der Waals surface area (Å²) >= 11 is 0. The Morgan fingerprint density at radius 1 is 1.38 bits per heavy atom. The van der Waals surface area contributed by atoms with Gasteiger partial charge in [0.15, 0.2) is 0 Å². The molecule has 86 valence electrons. The third-order valence-corrected chi connectivity index (χ3v) is 3.33. The van der Waals surface area contributed by atoms with Gasteiger partial charge in [-0.2, -0.15) is 5.10 Å². The average Bonchev–Trinajstić information content (AvgIpc) is 2.75. The molecule has 0 fully saturated rings. The molecule has 0 radical (unpaired) electrons. The maximum absolute atomic E-state index is 4.02. The van der Waals surface area contributed by atoms with Crippen molar-refractivity contribution in [1.29, 1.82) is 0 Å². The number of anilines is 1. The Labute approximate surface area is 96.2 Å². The zero-order chi connectivity index (χ0) is 11.5. The van der Waals surface area contributed by atoms with Gasteiger partial charge in [-0.25, -0.2) is 0 Å².